The summed E-state index contributed by atoms with van der Waals surface area (Å²) in [6, 6.07) is 0. The highest BCUT2D eigenvalue weighted by molar-refractivity contribution is 4.53. The molecule has 0 aromatic heterocycles. The van der Waals surface area contributed by atoms with Gasteiger partial charge in [-0.05, 0) is 12.8 Å². The lowest BCUT2D eigenvalue weighted by Crippen LogP contribution is -2.16. The molecule has 3 heteroatoms. The Kier molecular flexibility index (Phi) is 5.93. The maximum atomic E-state index is 9.03. The molecule has 0 spiro atoms. The molecule has 0 radical (unpaired) electrons. The van der Waals surface area contributed by atoms with E-state index in [9.17, 15) is 0 Å². The van der Waals surface area contributed by atoms with E-state index in [0.717, 1.165) is 12.8 Å². The molecule has 0 heterocycles. The second kappa shape index (κ2) is 6.01. The summed E-state index contributed by atoms with van der Waals surface area (Å²) in [6.07, 6.45) is 2.19. The third-order valence-electron chi connectivity index (χ3n) is 1.21. The molecule has 0 aliphatic rings. The zero-order chi connectivity index (χ0) is 7.11. The molecule has 0 rings (SSSR count). The van der Waals surface area contributed by atoms with Crippen LogP contribution in [0.5, 0.6) is 0 Å². The normalized spacial score (nSPS) is 13.7. The van der Waals surface area contributed by atoms with Crippen LogP contribution in [0.2, 0.25) is 0 Å². The Labute approximate surface area is 55.7 Å². The van der Waals surface area contributed by atoms with Crippen molar-refractivity contribution in [2.75, 3.05) is 6.54 Å². The van der Waals surface area contributed by atoms with Gasteiger partial charge in [0.05, 0.1) is 6.10 Å². The highest BCUT2D eigenvalue weighted by Gasteiger charge is 1.99. The standard InChI is InChI=1S/C6H15NO2/c1-2-3-6(8)4-5-7-9/h6-9H,2-5H2,1H3. The Bertz CT molecular complexity index is 59.0. The van der Waals surface area contributed by atoms with Gasteiger partial charge in [-0.15, -0.1) is 0 Å². The zero-order valence-electron chi connectivity index (χ0n) is 5.80. The SMILES string of the molecule is CCCC(O)CCNO. The van der Waals surface area contributed by atoms with Crippen molar-refractivity contribution in [3.8, 4) is 0 Å². The summed E-state index contributed by atoms with van der Waals surface area (Å²) >= 11 is 0. The Hall–Kier alpha value is -0.120. The van der Waals surface area contributed by atoms with Gasteiger partial charge in [-0.3, -0.25) is 0 Å². The van der Waals surface area contributed by atoms with Crippen LogP contribution in [0.25, 0.3) is 0 Å². The van der Waals surface area contributed by atoms with Crippen molar-refractivity contribution < 1.29 is 10.3 Å². The fourth-order valence-corrected chi connectivity index (χ4v) is 0.709. The first-order valence-electron chi connectivity index (χ1n) is 3.36. The Balaban J connectivity index is 2.95. The molecule has 0 aliphatic heterocycles. The van der Waals surface area contributed by atoms with Gasteiger partial charge in [-0.2, -0.15) is 0 Å². The minimum atomic E-state index is -0.255. The molecule has 3 N–H and O–H groups in total. The van der Waals surface area contributed by atoms with Crippen LogP contribution in [0.4, 0.5) is 0 Å². The third-order valence-corrected chi connectivity index (χ3v) is 1.21. The molecule has 9 heavy (non-hydrogen) atoms. The second-order valence-corrected chi connectivity index (χ2v) is 2.14. The number of hydrogen-bond acceptors (Lipinski definition) is 3. The quantitative estimate of drug-likeness (QED) is 0.479. The number of aliphatic hydroxyl groups excluding tert-OH is 1. The van der Waals surface area contributed by atoms with Gasteiger partial charge >= 0.3 is 0 Å². The molecule has 0 aromatic carbocycles. The first-order valence-corrected chi connectivity index (χ1v) is 3.36. The maximum Gasteiger partial charge on any atom is 0.0553 e. The van der Waals surface area contributed by atoms with E-state index in [1.807, 2.05) is 12.4 Å². The fraction of sp³-hybridized carbons (Fsp3) is 1.00. The first kappa shape index (κ1) is 8.88. The van der Waals surface area contributed by atoms with Crippen molar-refractivity contribution in [1.82, 2.24) is 5.48 Å². The molecule has 3 nitrogen and oxygen atoms in total. The summed E-state index contributed by atoms with van der Waals surface area (Å²) in [6.45, 7) is 2.50. The monoisotopic (exact) mass is 133 g/mol. The van der Waals surface area contributed by atoms with Gasteiger partial charge in [0.25, 0.3) is 0 Å². The van der Waals surface area contributed by atoms with E-state index in [0.29, 0.717) is 13.0 Å². The highest BCUT2D eigenvalue weighted by Crippen LogP contribution is 1.98. The predicted octanol–water partition coefficient (Wildman–Crippen LogP) is 0.516. The van der Waals surface area contributed by atoms with Gasteiger partial charge in [0, 0.05) is 6.54 Å². The molecule has 0 saturated heterocycles. The number of rotatable bonds is 5. The molecule has 0 bridgehead atoms. The smallest absolute Gasteiger partial charge is 0.0553 e. The van der Waals surface area contributed by atoms with Crippen molar-refractivity contribution in [1.29, 1.82) is 0 Å². The van der Waals surface area contributed by atoms with Crippen molar-refractivity contribution in [2.45, 2.75) is 32.3 Å². The topological polar surface area (TPSA) is 52.5 Å². The maximum absolute atomic E-state index is 9.03. The van der Waals surface area contributed by atoms with Gasteiger partial charge in [-0.25, -0.2) is 5.48 Å². The van der Waals surface area contributed by atoms with Gasteiger partial charge < -0.3 is 10.3 Å². The van der Waals surface area contributed by atoms with E-state index in [1.54, 1.807) is 0 Å². The van der Waals surface area contributed by atoms with Gasteiger partial charge in [0.2, 0.25) is 0 Å². The van der Waals surface area contributed by atoms with Crippen LogP contribution in [0, 0.1) is 0 Å². The Morgan fingerprint density at radius 3 is 2.56 bits per heavy atom. The van der Waals surface area contributed by atoms with Crippen molar-refractivity contribution in [3.05, 3.63) is 0 Å². The molecular weight excluding hydrogens is 118 g/mol. The lowest BCUT2D eigenvalue weighted by Gasteiger charge is -2.06. The van der Waals surface area contributed by atoms with E-state index in [4.69, 9.17) is 10.3 Å². The fourth-order valence-electron chi connectivity index (χ4n) is 0.709. The molecular formula is C6H15NO2. The minimum Gasteiger partial charge on any atom is -0.393 e. The summed E-state index contributed by atoms with van der Waals surface area (Å²) < 4.78 is 0. The predicted molar refractivity (Wildman–Crippen MR) is 35.3 cm³/mol. The number of aliphatic hydroxyl groups is 1. The number of hydroxylamine groups is 1. The molecule has 1 unspecified atom stereocenters. The van der Waals surface area contributed by atoms with Crippen LogP contribution >= 0.6 is 0 Å². The summed E-state index contributed by atoms with van der Waals surface area (Å²) in [7, 11) is 0. The molecule has 1 atom stereocenters. The molecule has 0 aliphatic carbocycles. The molecule has 0 amide bonds. The Morgan fingerprint density at radius 1 is 1.44 bits per heavy atom. The van der Waals surface area contributed by atoms with E-state index in [2.05, 4.69) is 0 Å². The van der Waals surface area contributed by atoms with Crippen molar-refractivity contribution in [2.24, 2.45) is 0 Å². The zero-order valence-corrected chi connectivity index (χ0v) is 5.80. The van der Waals surface area contributed by atoms with Crippen LogP contribution in [0.3, 0.4) is 0 Å². The van der Waals surface area contributed by atoms with Crippen LogP contribution in [0.15, 0.2) is 0 Å². The molecule has 0 fully saturated rings. The highest BCUT2D eigenvalue weighted by atomic mass is 16.5. The number of nitrogens with one attached hydrogen (secondary N) is 1. The number of hydrogen-bond donors (Lipinski definition) is 3. The van der Waals surface area contributed by atoms with Crippen molar-refractivity contribution in [3.63, 3.8) is 0 Å². The van der Waals surface area contributed by atoms with E-state index in [-0.39, 0.29) is 6.10 Å². The van der Waals surface area contributed by atoms with E-state index < -0.39 is 0 Å². The second-order valence-electron chi connectivity index (χ2n) is 2.14. The average Bonchev–Trinajstić information content (AvgIpc) is 1.85. The largest absolute Gasteiger partial charge is 0.393 e. The molecule has 0 saturated carbocycles. The lowest BCUT2D eigenvalue weighted by atomic mass is 10.1. The van der Waals surface area contributed by atoms with Crippen LogP contribution < -0.4 is 5.48 Å². The van der Waals surface area contributed by atoms with Crippen LogP contribution in [-0.2, 0) is 0 Å². The lowest BCUT2D eigenvalue weighted by molar-refractivity contribution is 0.115. The van der Waals surface area contributed by atoms with E-state index >= 15 is 0 Å². The molecule has 0 aromatic rings. The Morgan fingerprint density at radius 2 is 2.11 bits per heavy atom. The van der Waals surface area contributed by atoms with Gasteiger partial charge in [0.15, 0.2) is 0 Å². The average molecular weight is 133 g/mol. The third kappa shape index (κ3) is 5.76. The molecule has 56 valence electrons. The summed E-state index contributed by atoms with van der Waals surface area (Å²) in [4.78, 5) is 0. The first-order chi connectivity index (χ1) is 4.31. The minimum absolute atomic E-state index is 0.255. The summed E-state index contributed by atoms with van der Waals surface area (Å²) in [5, 5.41) is 17.2. The van der Waals surface area contributed by atoms with Crippen molar-refractivity contribution >= 4 is 0 Å². The van der Waals surface area contributed by atoms with Gasteiger partial charge in [-0.1, -0.05) is 13.3 Å². The van der Waals surface area contributed by atoms with Crippen LogP contribution in [0.1, 0.15) is 26.2 Å². The summed E-state index contributed by atoms with van der Waals surface area (Å²) in [5.41, 5.74) is 2.00. The summed E-state index contributed by atoms with van der Waals surface area (Å²) in [5.74, 6) is 0. The van der Waals surface area contributed by atoms with Crippen LogP contribution in [-0.4, -0.2) is 23.0 Å². The van der Waals surface area contributed by atoms with E-state index in [1.165, 1.54) is 0 Å². The van der Waals surface area contributed by atoms with Gasteiger partial charge in [0.1, 0.15) is 0 Å².